The summed E-state index contributed by atoms with van der Waals surface area (Å²) in [4.78, 5) is 17.3. The highest BCUT2D eigenvalue weighted by Crippen LogP contribution is 2.13. The van der Waals surface area contributed by atoms with Crippen LogP contribution in [0.5, 0.6) is 0 Å². The first-order valence-electron chi connectivity index (χ1n) is 9.50. The summed E-state index contributed by atoms with van der Waals surface area (Å²) in [5.74, 6) is 0.0772. The number of carbonyl (C=O) groups is 1. The molecule has 0 bridgehead atoms. The second-order valence-electron chi connectivity index (χ2n) is 7.15. The van der Waals surface area contributed by atoms with Crippen molar-refractivity contribution in [2.75, 3.05) is 38.0 Å². The van der Waals surface area contributed by atoms with Crippen molar-refractivity contribution < 1.29 is 4.79 Å². The van der Waals surface area contributed by atoms with E-state index in [9.17, 15) is 4.79 Å². The summed E-state index contributed by atoms with van der Waals surface area (Å²) in [6, 6.07) is 18.5. The predicted molar refractivity (Wildman–Crippen MR) is 107 cm³/mol. The Labute approximate surface area is 156 Å². The van der Waals surface area contributed by atoms with Crippen LogP contribution in [0.3, 0.4) is 0 Å². The molecular formula is C22H29N3O. The van der Waals surface area contributed by atoms with Gasteiger partial charge in [0, 0.05) is 38.4 Å². The van der Waals surface area contributed by atoms with E-state index in [1.807, 2.05) is 38.1 Å². The van der Waals surface area contributed by atoms with E-state index in [1.165, 1.54) is 5.56 Å². The number of amides is 1. The number of nitrogens with one attached hydrogen (secondary N) is 1. The molecule has 3 rings (SSSR count). The number of hydrogen-bond donors (Lipinski definition) is 1. The van der Waals surface area contributed by atoms with Crippen molar-refractivity contribution in [1.29, 1.82) is 0 Å². The highest BCUT2D eigenvalue weighted by Gasteiger charge is 2.25. The third-order valence-corrected chi connectivity index (χ3v) is 5.18. The zero-order chi connectivity index (χ0) is 18.4. The second-order valence-corrected chi connectivity index (χ2v) is 7.15. The molecule has 0 unspecified atom stereocenters. The summed E-state index contributed by atoms with van der Waals surface area (Å²) in [5, 5.41) is 3.04. The first-order valence-corrected chi connectivity index (χ1v) is 9.50. The van der Waals surface area contributed by atoms with Crippen molar-refractivity contribution in [2.24, 2.45) is 0 Å². The lowest BCUT2D eigenvalue weighted by atomic mass is 10.1. The minimum Gasteiger partial charge on any atom is -0.325 e. The van der Waals surface area contributed by atoms with Gasteiger partial charge in [-0.05, 0) is 43.5 Å². The van der Waals surface area contributed by atoms with Gasteiger partial charge in [-0.2, -0.15) is 0 Å². The van der Waals surface area contributed by atoms with Crippen LogP contribution in [0.15, 0.2) is 54.6 Å². The fraction of sp³-hybridized carbons (Fsp3) is 0.409. The minimum absolute atomic E-state index is 0.0772. The molecule has 2 aromatic rings. The van der Waals surface area contributed by atoms with Crippen molar-refractivity contribution in [3.63, 3.8) is 0 Å². The van der Waals surface area contributed by atoms with Gasteiger partial charge in [-0.3, -0.25) is 9.69 Å². The van der Waals surface area contributed by atoms with Crippen LogP contribution >= 0.6 is 0 Å². The Bertz CT molecular complexity index is 708. The molecule has 0 aliphatic carbocycles. The summed E-state index contributed by atoms with van der Waals surface area (Å²) >= 11 is 0. The van der Waals surface area contributed by atoms with Gasteiger partial charge in [-0.25, -0.2) is 0 Å². The summed E-state index contributed by atoms with van der Waals surface area (Å²) in [5.41, 5.74) is 3.42. The molecule has 1 aliphatic heterocycles. The number of piperazine rings is 1. The molecule has 4 heteroatoms. The lowest BCUT2D eigenvalue weighted by molar-refractivity contribution is -0.121. The van der Waals surface area contributed by atoms with Crippen molar-refractivity contribution in [3.8, 4) is 0 Å². The number of carbonyl (C=O) groups excluding carboxylic acids is 1. The van der Waals surface area contributed by atoms with Gasteiger partial charge < -0.3 is 10.2 Å². The van der Waals surface area contributed by atoms with Crippen LogP contribution in [0.4, 0.5) is 5.69 Å². The quantitative estimate of drug-likeness (QED) is 0.868. The number of anilines is 1. The fourth-order valence-electron chi connectivity index (χ4n) is 3.44. The van der Waals surface area contributed by atoms with Crippen molar-refractivity contribution in [1.82, 2.24) is 9.80 Å². The van der Waals surface area contributed by atoms with Crippen molar-refractivity contribution in [3.05, 3.63) is 65.7 Å². The molecule has 1 saturated heterocycles. The Kier molecular flexibility index (Phi) is 6.42. The molecule has 1 heterocycles. The third-order valence-electron chi connectivity index (χ3n) is 5.18. The van der Waals surface area contributed by atoms with Gasteiger partial charge in [0.15, 0.2) is 0 Å². The average molecular weight is 351 g/mol. The second kappa shape index (κ2) is 8.97. The lowest BCUT2D eigenvalue weighted by Crippen LogP contribution is -2.53. The van der Waals surface area contributed by atoms with Crippen LogP contribution in [0.25, 0.3) is 0 Å². The summed E-state index contributed by atoms with van der Waals surface area (Å²) in [7, 11) is 0. The number of hydrogen-bond acceptors (Lipinski definition) is 3. The third kappa shape index (κ3) is 5.16. The lowest BCUT2D eigenvalue weighted by Gasteiger charge is -2.37. The molecule has 26 heavy (non-hydrogen) atoms. The maximum Gasteiger partial charge on any atom is 0.241 e. The maximum absolute atomic E-state index is 12.5. The molecule has 2 aromatic carbocycles. The molecule has 1 fully saturated rings. The van der Waals surface area contributed by atoms with Gasteiger partial charge in [-0.15, -0.1) is 0 Å². The fourth-order valence-corrected chi connectivity index (χ4v) is 3.44. The zero-order valence-corrected chi connectivity index (χ0v) is 15.8. The molecular weight excluding hydrogens is 322 g/mol. The Morgan fingerprint density at radius 2 is 1.77 bits per heavy atom. The van der Waals surface area contributed by atoms with E-state index in [0.29, 0.717) is 0 Å². The van der Waals surface area contributed by atoms with E-state index in [4.69, 9.17) is 0 Å². The Morgan fingerprint density at radius 1 is 1.04 bits per heavy atom. The highest BCUT2D eigenvalue weighted by atomic mass is 16.2. The summed E-state index contributed by atoms with van der Waals surface area (Å²) < 4.78 is 0. The van der Waals surface area contributed by atoms with E-state index in [0.717, 1.165) is 50.4 Å². The van der Waals surface area contributed by atoms with Crippen molar-refractivity contribution in [2.45, 2.75) is 26.3 Å². The van der Waals surface area contributed by atoms with Crippen molar-refractivity contribution >= 4 is 11.6 Å². The number of rotatable bonds is 6. The van der Waals surface area contributed by atoms with Gasteiger partial charge in [0.25, 0.3) is 0 Å². The van der Waals surface area contributed by atoms with E-state index < -0.39 is 0 Å². The van der Waals surface area contributed by atoms with Crippen LogP contribution in [0, 0.1) is 6.92 Å². The topological polar surface area (TPSA) is 35.6 Å². The molecule has 0 aromatic heterocycles. The molecule has 1 amide bonds. The maximum atomic E-state index is 12.5. The van der Waals surface area contributed by atoms with Gasteiger partial charge in [0.2, 0.25) is 5.91 Å². The van der Waals surface area contributed by atoms with E-state index >= 15 is 0 Å². The van der Waals surface area contributed by atoms with E-state index in [2.05, 4.69) is 45.4 Å². The van der Waals surface area contributed by atoms with Gasteiger partial charge >= 0.3 is 0 Å². The average Bonchev–Trinajstić information content (AvgIpc) is 2.67. The van der Waals surface area contributed by atoms with Crippen LogP contribution in [-0.4, -0.2) is 54.5 Å². The molecule has 0 saturated carbocycles. The smallest absolute Gasteiger partial charge is 0.241 e. The van der Waals surface area contributed by atoms with Crippen LogP contribution in [0.2, 0.25) is 0 Å². The standard InChI is InChI=1S/C22H29N3O/c1-18-7-6-10-21(17-18)23-22(26)19(2)25-15-13-24(14-16-25)12-11-20-8-4-3-5-9-20/h3-10,17,19H,11-16H2,1-2H3,(H,23,26)/t19-/m1/s1. The minimum atomic E-state index is -0.105. The van der Waals surface area contributed by atoms with Gasteiger partial charge in [-0.1, -0.05) is 42.5 Å². The monoisotopic (exact) mass is 351 g/mol. The molecule has 138 valence electrons. The van der Waals surface area contributed by atoms with Crippen LogP contribution < -0.4 is 5.32 Å². The molecule has 0 spiro atoms. The number of nitrogens with zero attached hydrogens (tertiary/aromatic N) is 2. The molecule has 1 N–H and O–H groups in total. The first-order chi connectivity index (χ1) is 12.6. The number of aryl methyl sites for hydroxylation is 1. The van der Waals surface area contributed by atoms with Gasteiger partial charge in [0.1, 0.15) is 0 Å². The molecule has 4 nitrogen and oxygen atoms in total. The highest BCUT2D eigenvalue weighted by molar-refractivity contribution is 5.94. The van der Waals surface area contributed by atoms with Crippen LogP contribution in [0.1, 0.15) is 18.1 Å². The SMILES string of the molecule is Cc1cccc(NC(=O)[C@@H](C)N2CCN(CCc3ccccc3)CC2)c1. The summed E-state index contributed by atoms with van der Waals surface area (Å²) in [6.45, 7) is 9.05. The number of benzene rings is 2. The Hall–Kier alpha value is -2.17. The zero-order valence-electron chi connectivity index (χ0n) is 15.8. The molecule has 1 atom stereocenters. The largest absolute Gasteiger partial charge is 0.325 e. The normalized spacial score (nSPS) is 17.0. The van der Waals surface area contributed by atoms with Crippen LogP contribution in [-0.2, 0) is 11.2 Å². The predicted octanol–water partition coefficient (Wildman–Crippen LogP) is 3.18. The first kappa shape index (κ1) is 18.6. The van der Waals surface area contributed by atoms with E-state index in [-0.39, 0.29) is 11.9 Å². The molecule has 1 aliphatic rings. The Morgan fingerprint density at radius 3 is 2.46 bits per heavy atom. The summed E-state index contributed by atoms with van der Waals surface area (Å²) in [6.07, 6.45) is 1.09. The van der Waals surface area contributed by atoms with E-state index in [1.54, 1.807) is 0 Å². The van der Waals surface area contributed by atoms with Gasteiger partial charge in [0.05, 0.1) is 6.04 Å². The Balaban J connectivity index is 1.44. The molecule has 0 radical (unpaired) electrons.